The number of aryl methyl sites for hydroxylation is 1. The van der Waals surface area contributed by atoms with Crippen LogP contribution in [0.15, 0.2) is 67.0 Å². The van der Waals surface area contributed by atoms with Gasteiger partial charge in [-0.15, -0.1) is 0 Å². The fourth-order valence-corrected chi connectivity index (χ4v) is 2.65. The Morgan fingerprint density at radius 3 is 2.42 bits per heavy atom. The Labute approximate surface area is 150 Å². The number of rotatable bonds is 4. The van der Waals surface area contributed by atoms with Crippen LogP contribution in [0.3, 0.4) is 0 Å². The van der Waals surface area contributed by atoms with Gasteiger partial charge in [0.15, 0.2) is 0 Å². The lowest BCUT2D eigenvalue weighted by Gasteiger charge is -2.08. The van der Waals surface area contributed by atoms with Gasteiger partial charge in [0.2, 0.25) is 0 Å². The minimum absolute atomic E-state index is 0.0867. The Balaban J connectivity index is 1.48. The Morgan fingerprint density at radius 2 is 1.73 bits per heavy atom. The van der Waals surface area contributed by atoms with Crippen molar-refractivity contribution in [2.75, 3.05) is 0 Å². The van der Waals surface area contributed by atoms with Crippen LogP contribution in [0, 0.1) is 6.92 Å². The molecular formula is C20H16N4O2. The van der Waals surface area contributed by atoms with Crippen molar-refractivity contribution < 1.29 is 9.53 Å². The van der Waals surface area contributed by atoms with E-state index in [2.05, 4.69) is 15.1 Å². The molecule has 6 nitrogen and oxygen atoms in total. The molecule has 0 unspecified atom stereocenters. The summed E-state index contributed by atoms with van der Waals surface area (Å²) in [4.78, 5) is 21.3. The Bertz CT molecular complexity index is 1060. The molecule has 0 radical (unpaired) electrons. The predicted octanol–water partition coefficient (Wildman–Crippen LogP) is 3.48. The van der Waals surface area contributed by atoms with Crippen molar-refractivity contribution in [1.29, 1.82) is 0 Å². The van der Waals surface area contributed by atoms with Crippen LogP contribution >= 0.6 is 0 Å². The number of carbonyl (C=O) groups is 1. The van der Waals surface area contributed by atoms with E-state index < -0.39 is 5.97 Å². The lowest BCUT2D eigenvalue weighted by atomic mass is 10.2. The first-order valence-corrected chi connectivity index (χ1v) is 8.20. The zero-order valence-corrected chi connectivity index (χ0v) is 14.2. The van der Waals surface area contributed by atoms with Gasteiger partial charge in [-0.05, 0) is 49.4 Å². The standard InChI is InChI=1S/C20H16N4O2/c1-14-19(23-18-6-3-2-5-17(18)22-14)13-26-20(25)15-7-9-16(10-8-15)24-12-4-11-21-24/h2-12H,13H2,1H3. The largest absolute Gasteiger partial charge is 0.456 e. The SMILES string of the molecule is Cc1nc2ccccc2nc1COC(=O)c1ccc(-n2cccn2)cc1. The maximum atomic E-state index is 12.3. The number of para-hydroxylation sites is 2. The number of hydrogen-bond acceptors (Lipinski definition) is 5. The van der Waals surface area contributed by atoms with E-state index in [0.29, 0.717) is 11.3 Å². The molecule has 0 aliphatic carbocycles. The van der Waals surface area contributed by atoms with E-state index in [1.165, 1.54) is 0 Å². The lowest BCUT2D eigenvalue weighted by molar-refractivity contribution is 0.0467. The molecule has 0 amide bonds. The highest BCUT2D eigenvalue weighted by atomic mass is 16.5. The molecule has 0 bridgehead atoms. The molecular weight excluding hydrogens is 328 g/mol. The number of benzene rings is 2. The van der Waals surface area contributed by atoms with Gasteiger partial charge in [-0.1, -0.05) is 12.1 Å². The molecule has 2 aromatic carbocycles. The summed E-state index contributed by atoms with van der Waals surface area (Å²) in [5.41, 5.74) is 4.38. The molecule has 4 rings (SSSR count). The van der Waals surface area contributed by atoms with Crippen LogP contribution in [0.2, 0.25) is 0 Å². The molecule has 0 N–H and O–H groups in total. The van der Waals surface area contributed by atoms with Crippen molar-refractivity contribution in [3.05, 3.63) is 83.9 Å². The van der Waals surface area contributed by atoms with E-state index in [4.69, 9.17) is 4.74 Å². The van der Waals surface area contributed by atoms with Crippen molar-refractivity contribution in [1.82, 2.24) is 19.7 Å². The highest BCUT2D eigenvalue weighted by Gasteiger charge is 2.11. The van der Waals surface area contributed by atoms with Crippen LogP contribution in [0.4, 0.5) is 0 Å². The Hall–Kier alpha value is -3.54. The number of carbonyl (C=O) groups excluding carboxylic acids is 1. The summed E-state index contributed by atoms with van der Waals surface area (Å²) in [6.07, 6.45) is 3.55. The second-order valence-electron chi connectivity index (χ2n) is 5.82. The second-order valence-corrected chi connectivity index (χ2v) is 5.82. The summed E-state index contributed by atoms with van der Waals surface area (Å²) in [5.74, 6) is -0.397. The van der Waals surface area contributed by atoms with Crippen molar-refractivity contribution in [2.24, 2.45) is 0 Å². The molecule has 4 aromatic rings. The molecule has 0 saturated heterocycles. The van der Waals surface area contributed by atoms with Gasteiger partial charge < -0.3 is 4.74 Å². The molecule has 128 valence electrons. The first-order chi connectivity index (χ1) is 12.7. The third kappa shape index (κ3) is 3.17. The molecule has 0 aliphatic rings. The van der Waals surface area contributed by atoms with E-state index in [0.717, 1.165) is 22.4 Å². The number of hydrogen-bond donors (Lipinski definition) is 0. The fourth-order valence-electron chi connectivity index (χ4n) is 2.65. The van der Waals surface area contributed by atoms with Crippen molar-refractivity contribution >= 4 is 17.0 Å². The average molecular weight is 344 g/mol. The van der Waals surface area contributed by atoms with Crippen LogP contribution in [-0.2, 0) is 11.3 Å². The molecule has 0 atom stereocenters. The zero-order chi connectivity index (χ0) is 17.9. The normalized spacial score (nSPS) is 10.8. The van der Waals surface area contributed by atoms with Gasteiger partial charge in [0, 0.05) is 12.4 Å². The van der Waals surface area contributed by atoms with Gasteiger partial charge in [0.25, 0.3) is 0 Å². The van der Waals surface area contributed by atoms with E-state index in [1.807, 2.05) is 55.6 Å². The number of esters is 1. The molecule has 2 aromatic heterocycles. The molecule has 0 saturated carbocycles. The maximum absolute atomic E-state index is 12.3. The summed E-state index contributed by atoms with van der Waals surface area (Å²) in [7, 11) is 0. The van der Waals surface area contributed by atoms with Crippen LogP contribution in [0.5, 0.6) is 0 Å². The summed E-state index contributed by atoms with van der Waals surface area (Å²) < 4.78 is 7.14. The molecule has 2 heterocycles. The highest BCUT2D eigenvalue weighted by molar-refractivity contribution is 5.89. The van der Waals surface area contributed by atoms with Crippen LogP contribution in [0.25, 0.3) is 16.7 Å². The third-order valence-electron chi connectivity index (χ3n) is 4.05. The minimum Gasteiger partial charge on any atom is -0.456 e. The van der Waals surface area contributed by atoms with Gasteiger partial charge in [-0.25, -0.2) is 19.4 Å². The van der Waals surface area contributed by atoms with Gasteiger partial charge >= 0.3 is 5.97 Å². The maximum Gasteiger partial charge on any atom is 0.338 e. The summed E-state index contributed by atoms with van der Waals surface area (Å²) in [5, 5.41) is 4.16. The van der Waals surface area contributed by atoms with Crippen LogP contribution in [-0.4, -0.2) is 25.7 Å². The van der Waals surface area contributed by atoms with Gasteiger partial charge in [-0.2, -0.15) is 5.10 Å². The zero-order valence-electron chi connectivity index (χ0n) is 14.2. The van der Waals surface area contributed by atoms with E-state index in [-0.39, 0.29) is 6.61 Å². The lowest BCUT2D eigenvalue weighted by Crippen LogP contribution is -2.08. The summed E-state index contributed by atoms with van der Waals surface area (Å²) in [6.45, 7) is 1.95. The second kappa shape index (κ2) is 6.76. The monoisotopic (exact) mass is 344 g/mol. The van der Waals surface area contributed by atoms with Gasteiger partial charge in [0.05, 0.1) is 33.7 Å². The van der Waals surface area contributed by atoms with Gasteiger partial charge in [0.1, 0.15) is 6.61 Å². The van der Waals surface area contributed by atoms with Crippen molar-refractivity contribution in [3.63, 3.8) is 0 Å². The Morgan fingerprint density at radius 1 is 1.00 bits per heavy atom. The van der Waals surface area contributed by atoms with Crippen LogP contribution < -0.4 is 0 Å². The number of aromatic nitrogens is 4. The molecule has 6 heteroatoms. The first kappa shape index (κ1) is 16.0. The smallest absolute Gasteiger partial charge is 0.338 e. The van der Waals surface area contributed by atoms with E-state index in [9.17, 15) is 4.79 Å². The highest BCUT2D eigenvalue weighted by Crippen LogP contribution is 2.14. The summed E-state index contributed by atoms with van der Waals surface area (Å²) >= 11 is 0. The van der Waals surface area contributed by atoms with Crippen molar-refractivity contribution in [3.8, 4) is 5.69 Å². The number of ether oxygens (including phenoxy) is 1. The topological polar surface area (TPSA) is 69.9 Å². The number of nitrogens with zero attached hydrogens (tertiary/aromatic N) is 4. The molecule has 0 spiro atoms. The molecule has 0 aliphatic heterocycles. The Kier molecular flexibility index (Phi) is 4.15. The molecule has 0 fully saturated rings. The summed E-state index contributed by atoms with van der Waals surface area (Å²) in [6, 6.07) is 16.6. The van der Waals surface area contributed by atoms with Crippen molar-refractivity contribution in [2.45, 2.75) is 13.5 Å². The van der Waals surface area contributed by atoms with Gasteiger partial charge in [-0.3, -0.25) is 0 Å². The fraction of sp³-hybridized carbons (Fsp3) is 0.100. The third-order valence-corrected chi connectivity index (χ3v) is 4.05. The van der Waals surface area contributed by atoms with E-state index in [1.54, 1.807) is 23.0 Å². The van der Waals surface area contributed by atoms with E-state index >= 15 is 0 Å². The van der Waals surface area contributed by atoms with Crippen LogP contribution in [0.1, 0.15) is 21.7 Å². The average Bonchev–Trinajstić information content (AvgIpc) is 3.21. The quantitative estimate of drug-likeness (QED) is 0.530. The number of fused-ring (bicyclic) bond motifs is 1. The predicted molar refractivity (Wildman–Crippen MR) is 97.0 cm³/mol. The minimum atomic E-state index is -0.397. The molecule has 26 heavy (non-hydrogen) atoms. The first-order valence-electron chi connectivity index (χ1n) is 8.20.